The summed E-state index contributed by atoms with van der Waals surface area (Å²) in [4.78, 5) is 12.9. The van der Waals surface area contributed by atoms with Gasteiger partial charge in [0.25, 0.3) is 5.91 Å². The van der Waals surface area contributed by atoms with Gasteiger partial charge in [-0.1, -0.05) is 35.5 Å². The topological polar surface area (TPSA) is 71.8 Å². The zero-order valence-electron chi connectivity index (χ0n) is 14.7. The molecule has 2 heterocycles. The summed E-state index contributed by atoms with van der Waals surface area (Å²) in [6, 6.07) is 10.6. The van der Waals surface area contributed by atoms with E-state index >= 15 is 0 Å². The molecule has 1 saturated carbocycles. The molecular formula is C19H25N5O. The second-order valence-corrected chi connectivity index (χ2v) is 7.21. The molecule has 2 aliphatic rings. The van der Waals surface area contributed by atoms with Crippen molar-refractivity contribution >= 4 is 5.91 Å². The van der Waals surface area contributed by atoms with Crippen molar-refractivity contribution in [2.24, 2.45) is 0 Å². The highest BCUT2D eigenvalue weighted by molar-refractivity contribution is 5.93. The Bertz CT molecular complexity index is 744. The zero-order chi connectivity index (χ0) is 17.3. The van der Waals surface area contributed by atoms with E-state index in [9.17, 15) is 4.79 Å². The molecule has 2 fully saturated rings. The molecule has 6 heteroatoms. The van der Waals surface area contributed by atoms with E-state index in [0.717, 1.165) is 50.9 Å². The molecule has 0 bridgehead atoms. The van der Waals surface area contributed by atoms with Gasteiger partial charge in [0.2, 0.25) is 0 Å². The molecular weight excluding hydrogens is 314 g/mol. The Morgan fingerprint density at radius 1 is 1.24 bits per heavy atom. The van der Waals surface area contributed by atoms with Crippen LogP contribution in [0.4, 0.5) is 0 Å². The molecule has 1 aliphatic carbocycles. The Labute approximate surface area is 148 Å². The molecule has 0 spiro atoms. The number of benzene rings is 1. The normalized spacial score (nSPS) is 20.0. The van der Waals surface area contributed by atoms with E-state index in [0.29, 0.717) is 11.7 Å². The first-order valence-electron chi connectivity index (χ1n) is 9.20. The zero-order valence-corrected chi connectivity index (χ0v) is 14.7. The lowest BCUT2D eigenvalue weighted by Gasteiger charge is -2.43. The second-order valence-electron chi connectivity index (χ2n) is 7.21. The molecule has 2 N–H and O–H groups in total. The molecule has 4 rings (SSSR count). The minimum atomic E-state index is -0.247. The SMILES string of the molecule is Cc1c(C(=O)NC2(c3ccccc3)CCC2)nnn1C1CCNCC1. The van der Waals surface area contributed by atoms with Crippen molar-refractivity contribution in [2.75, 3.05) is 13.1 Å². The van der Waals surface area contributed by atoms with Gasteiger partial charge in [0, 0.05) is 0 Å². The van der Waals surface area contributed by atoms with Crippen LogP contribution in [0.3, 0.4) is 0 Å². The van der Waals surface area contributed by atoms with Crippen molar-refractivity contribution in [1.82, 2.24) is 25.6 Å². The monoisotopic (exact) mass is 339 g/mol. The van der Waals surface area contributed by atoms with Crippen molar-refractivity contribution in [2.45, 2.75) is 50.6 Å². The fourth-order valence-electron chi connectivity index (χ4n) is 4.00. The third-order valence-corrected chi connectivity index (χ3v) is 5.68. The van der Waals surface area contributed by atoms with Crippen LogP contribution in [0.2, 0.25) is 0 Å². The van der Waals surface area contributed by atoms with Crippen LogP contribution < -0.4 is 10.6 Å². The first-order valence-corrected chi connectivity index (χ1v) is 9.20. The molecule has 1 saturated heterocycles. The van der Waals surface area contributed by atoms with Crippen LogP contribution >= 0.6 is 0 Å². The Balaban J connectivity index is 1.54. The molecule has 6 nitrogen and oxygen atoms in total. The first kappa shape index (κ1) is 16.3. The summed E-state index contributed by atoms with van der Waals surface area (Å²) in [5, 5.41) is 15.1. The van der Waals surface area contributed by atoms with Gasteiger partial charge in [-0.05, 0) is 57.7 Å². The number of amides is 1. The fourth-order valence-corrected chi connectivity index (χ4v) is 4.00. The van der Waals surface area contributed by atoms with Gasteiger partial charge in [0.1, 0.15) is 0 Å². The lowest BCUT2D eigenvalue weighted by atomic mass is 9.71. The summed E-state index contributed by atoms with van der Waals surface area (Å²) in [5.74, 6) is -0.110. The molecule has 1 aromatic carbocycles. The summed E-state index contributed by atoms with van der Waals surface area (Å²) >= 11 is 0. The van der Waals surface area contributed by atoms with Crippen molar-refractivity contribution in [1.29, 1.82) is 0 Å². The van der Waals surface area contributed by atoms with Crippen LogP contribution in [0, 0.1) is 6.92 Å². The van der Waals surface area contributed by atoms with Gasteiger partial charge in [0.05, 0.1) is 17.3 Å². The van der Waals surface area contributed by atoms with Gasteiger partial charge in [-0.25, -0.2) is 4.68 Å². The first-order chi connectivity index (χ1) is 12.2. The summed E-state index contributed by atoms with van der Waals surface area (Å²) in [7, 11) is 0. The smallest absolute Gasteiger partial charge is 0.274 e. The number of piperidine rings is 1. The van der Waals surface area contributed by atoms with Crippen LogP contribution in [0.15, 0.2) is 30.3 Å². The number of carbonyl (C=O) groups is 1. The van der Waals surface area contributed by atoms with E-state index in [4.69, 9.17) is 0 Å². The molecule has 0 unspecified atom stereocenters. The van der Waals surface area contributed by atoms with E-state index in [1.165, 1.54) is 5.56 Å². The largest absolute Gasteiger partial charge is 0.341 e. The minimum absolute atomic E-state index is 0.110. The van der Waals surface area contributed by atoms with Crippen LogP contribution in [-0.4, -0.2) is 34.0 Å². The minimum Gasteiger partial charge on any atom is -0.341 e. The lowest BCUT2D eigenvalue weighted by Crippen LogP contribution is -2.51. The quantitative estimate of drug-likeness (QED) is 0.897. The van der Waals surface area contributed by atoms with Crippen molar-refractivity contribution in [3.63, 3.8) is 0 Å². The van der Waals surface area contributed by atoms with Crippen molar-refractivity contribution < 1.29 is 4.79 Å². The molecule has 0 atom stereocenters. The molecule has 132 valence electrons. The van der Waals surface area contributed by atoms with Gasteiger partial charge >= 0.3 is 0 Å². The number of hydrogen-bond acceptors (Lipinski definition) is 4. The van der Waals surface area contributed by atoms with Gasteiger partial charge in [-0.3, -0.25) is 4.79 Å². The van der Waals surface area contributed by atoms with Gasteiger partial charge in [-0.15, -0.1) is 5.10 Å². The van der Waals surface area contributed by atoms with E-state index in [1.54, 1.807) is 0 Å². The van der Waals surface area contributed by atoms with Crippen LogP contribution in [0.5, 0.6) is 0 Å². The van der Waals surface area contributed by atoms with E-state index in [2.05, 4.69) is 33.1 Å². The highest BCUT2D eigenvalue weighted by atomic mass is 16.2. The van der Waals surface area contributed by atoms with E-state index in [1.807, 2.05) is 29.8 Å². The summed E-state index contributed by atoms with van der Waals surface area (Å²) in [5.41, 5.74) is 2.26. The summed E-state index contributed by atoms with van der Waals surface area (Å²) < 4.78 is 1.94. The van der Waals surface area contributed by atoms with Crippen molar-refractivity contribution in [3.05, 3.63) is 47.3 Å². The van der Waals surface area contributed by atoms with Crippen LogP contribution in [0.25, 0.3) is 0 Å². The number of aromatic nitrogens is 3. The maximum absolute atomic E-state index is 12.9. The number of nitrogens with zero attached hydrogens (tertiary/aromatic N) is 3. The molecule has 25 heavy (non-hydrogen) atoms. The maximum atomic E-state index is 12.9. The van der Waals surface area contributed by atoms with E-state index in [-0.39, 0.29) is 11.4 Å². The Hall–Kier alpha value is -2.21. The number of nitrogens with one attached hydrogen (secondary N) is 2. The van der Waals surface area contributed by atoms with Crippen LogP contribution in [-0.2, 0) is 5.54 Å². The lowest BCUT2D eigenvalue weighted by molar-refractivity contribution is 0.0817. The molecule has 1 aromatic heterocycles. The number of carbonyl (C=O) groups excluding carboxylic acids is 1. The Morgan fingerprint density at radius 3 is 2.60 bits per heavy atom. The number of rotatable bonds is 4. The molecule has 1 aliphatic heterocycles. The highest BCUT2D eigenvalue weighted by Crippen LogP contribution is 2.41. The fraction of sp³-hybridized carbons (Fsp3) is 0.526. The van der Waals surface area contributed by atoms with Crippen LogP contribution in [0.1, 0.15) is 59.9 Å². The predicted octanol–water partition coefficient (Wildman–Crippen LogP) is 2.32. The predicted molar refractivity (Wildman–Crippen MR) is 95.3 cm³/mol. The highest BCUT2D eigenvalue weighted by Gasteiger charge is 2.40. The van der Waals surface area contributed by atoms with Gasteiger partial charge < -0.3 is 10.6 Å². The average Bonchev–Trinajstić information content (AvgIpc) is 3.01. The second kappa shape index (κ2) is 6.59. The van der Waals surface area contributed by atoms with E-state index < -0.39 is 0 Å². The average molecular weight is 339 g/mol. The Morgan fingerprint density at radius 2 is 1.96 bits per heavy atom. The summed E-state index contributed by atoms with van der Waals surface area (Å²) in [6.45, 7) is 3.93. The standard InChI is InChI=1S/C19H25N5O/c1-14-17(22-23-24(14)16-8-12-20-13-9-16)18(25)21-19(10-5-11-19)15-6-3-2-4-7-15/h2-4,6-7,16,20H,5,8-13H2,1H3,(H,21,25). The van der Waals surface area contributed by atoms with Crippen molar-refractivity contribution in [3.8, 4) is 0 Å². The van der Waals surface area contributed by atoms with Gasteiger partial charge in [0.15, 0.2) is 5.69 Å². The molecule has 1 amide bonds. The Kier molecular flexibility index (Phi) is 4.29. The summed E-state index contributed by atoms with van der Waals surface area (Å²) in [6.07, 6.45) is 5.14. The molecule has 0 radical (unpaired) electrons. The van der Waals surface area contributed by atoms with Gasteiger partial charge in [-0.2, -0.15) is 0 Å². The third-order valence-electron chi connectivity index (χ3n) is 5.68. The number of hydrogen-bond donors (Lipinski definition) is 2. The third kappa shape index (κ3) is 2.95. The molecule has 2 aromatic rings. The maximum Gasteiger partial charge on any atom is 0.274 e.